The van der Waals surface area contributed by atoms with Gasteiger partial charge in [0.2, 0.25) is 53.2 Å². The van der Waals surface area contributed by atoms with Gasteiger partial charge in [-0.05, 0) is 60.4 Å². The Morgan fingerprint density at radius 3 is 2.13 bits per heavy atom. The number of aromatic amines is 1. The van der Waals surface area contributed by atoms with Crippen molar-refractivity contribution in [2.24, 2.45) is 22.2 Å². The van der Waals surface area contributed by atoms with Crippen LogP contribution in [0.3, 0.4) is 0 Å². The van der Waals surface area contributed by atoms with Gasteiger partial charge in [0.25, 0.3) is 0 Å². The van der Waals surface area contributed by atoms with Crippen LogP contribution in [-0.2, 0) is 62.4 Å². The zero-order chi connectivity index (χ0) is 54.3. The lowest BCUT2D eigenvalue weighted by molar-refractivity contribution is -0.136. The molecule has 1 aromatic heterocycles. The van der Waals surface area contributed by atoms with Crippen molar-refractivity contribution in [3.63, 3.8) is 0 Å². The third-order valence-corrected chi connectivity index (χ3v) is 12.5. The van der Waals surface area contributed by atoms with Crippen LogP contribution in [0.15, 0.2) is 90.3 Å². The molecule has 7 atom stereocenters. The quantitative estimate of drug-likeness (QED) is 0.0319. The number of amides is 9. The van der Waals surface area contributed by atoms with Gasteiger partial charge in [0.1, 0.15) is 42.3 Å². The summed E-state index contributed by atoms with van der Waals surface area (Å²) in [5.41, 5.74) is 18.8. The Balaban J connectivity index is 1.51. The fourth-order valence-corrected chi connectivity index (χ4v) is 8.56. The summed E-state index contributed by atoms with van der Waals surface area (Å²) in [5.74, 6) is -6.76. The van der Waals surface area contributed by atoms with Gasteiger partial charge in [-0.2, -0.15) is 0 Å². The number of hydrogen-bond donors (Lipinski definition) is 12. The van der Waals surface area contributed by atoms with Crippen LogP contribution in [0.25, 0.3) is 10.8 Å². The van der Waals surface area contributed by atoms with Crippen molar-refractivity contribution in [2.45, 2.75) is 133 Å². The molecule has 9 amide bonds. The van der Waals surface area contributed by atoms with Crippen LogP contribution in [0, 0.1) is 0 Å². The van der Waals surface area contributed by atoms with E-state index in [1.165, 1.54) is 19.4 Å². The molecule has 0 radical (unpaired) electrons. The number of nitrogens with two attached hydrogens (primary N) is 3. The number of benzene rings is 3. The number of aromatic nitrogens is 2. The topological polar surface area (TPSA) is 369 Å². The highest BCUT2D eigenvalue weighted by Gasteiger charge is 2.35. The Morgan fingerprint density at radius 2 is 1.44 bits per heavy atom. The zero-order valence-corrected chi connectivity index (χ0v) is 42.3. The Kier molecular flexibility index (Phi) is 22.5. The fraction of sp³-hybridized carbons (Fsp3) is 0.442. The predicted octanol–water partition coefficient (Wildman–Crippen LogP) is -0.576. The fourth-order valence-electron chi connectivity index (χ4n) is 8.56. The molecule has 3 aromatic carbocycles. The van der Waals surface area contributed by atoms with Gasteiger partial charge in [0.05, 0.1) is 6.33 Å². The molecule has 402 valence electrons. The molecule has 4 aromatic rings. The van der Waals surface area contributed by atoms with E-state index in [4.69, 9.17) is 17.2 Å². The van der Waals surface area contributed by atoms with Gasteiger partial charge in [-0.1, -0.05) is 92.6 Å². The average molecular weight is 1040 g/mol. The maximum Gasteiger partial charge on any atom is 0.243 e. The molecule has 1 aliphatic rings. The summed E-state index contributed by atoms with van der Waals surface area (Å²) in [5, 5.41) is 23.5. The van der Waals surface area contributed by atoms with Crippen LogP contribution < -0.4 is 59.7 Å². The van der Waals surface area contributed by atoms with E-state index in [-0.39, 0.29) is 83.3 Å². The largest absolute Gasteiger partial charge is 0.370 e. The van der Waals surface area contributed by atoms with Crippen molar-refractivity contribution in [2.75, 3.05) is 13.1 Å². The first-order chi connectivity index (χ1) is 36.0. The highest BCUT2D eigenvalue weighted by molar-refractivity contribution is 5.98. The van der Waals surface area contributed by atoms with Crippen LogP contribution in [0.5, 0.6) is 0 Å². The molecular weight excluding hydrogens is 965 g/mol. The van der Waals surface area contributed by atoms with E-state index < -0.39 is 95.5 Å². The van der Waals surface area contributed by atoms with Gasteiger partial charge in [-0.15, -0.1) is 0 Å². The first-order valence-electron chi connectivity index (χ1n) is 25.2. The molecule has 75 heavy (non-hydrogen) atoms. The summed E-state index contributed by atoms with van der Waals surface area (Å²) in [6.07, 6.45) is 3.72. The lowest BCUT2D eigenvalue weighted by Gasteiger charge is -2.28. The molecule has 23 heteroatoms. The molecule has 0 bridgehead atoms. The summed E-state index contributed by atoms with van der Waals surface area (Å²) < 4.78 is 0. The molecule has 1 saturated heterocycles. The van der Waals surface area contributed by atoms with E-state index in [9.17, 15) is 43.2 Å². The minimum atomic E-state index is -1.41. The maximum absolute atomic E-state index is 14.6. The van der Waals surface area contributed by atoms with E-state index in [2.05, 4.69) is 57.5 Å². The second-order valence-electron chi connectivity index (χ2n) is 18.5. The molecule has 23 nitrogen and oxygen atoms in total. The number of guanidine groups is 1. The number of primary amides is 1. The lowest BCUT2D eigenvalue weighted by Crippen LogP contribution is -2.60. The smallest absolute Gasteiger partial charge is 0.243 e. The highest BCUT2D eigenvalue weighted by Crippen LogP contribution is 2.20. The summed E-state index contributed by atoms with van der Waals surface area (Å²) in [6.45, 7) is 3.21. The van der Waals surface area contributed by atoms with Crippen LogP contribution in [0.4, 0.5) is 0 Å². The highest BCUT2D eigenvalue weighted by atomic mass is 16.2. The number of imidazole rings is 1. The number of hydrogen-bond acceptors (Lipinski definition) is 11. The lowest BCUT2D eigenvalue weighted by atomic mass is 9.98. The number of unbranched alkanes of at least 4 members (excludes halogenated alkanes) is 1. The molecule has 0 unspecified atom stereocenters. The Labute approximate surface area is 434 Å². The molecule has 5 rings (SSSR count). The number of fused-ring (bicyclic) bond motifs is 1. The standard InChI is InChI=1S/C52H70N14O9/c1-3-4-19-37(60-31(2)67)46(70)63-40-22-23-44(68)57-24-11-20-39(48(72)64-41(45(53)69)27-34-17-10-16-33-15-8-9-18-36(33)34)61-47(71)38(21-12-25-58-52(54)55)62-50(74)42(26-32-13-6-5-7-14-32)65-51(75)43(66-49(40)73)28-35-29-56-30-59-35/h5-10,13-18,29-30,37-43H,3-4,11-12,19-28H2,1-2H3,(H2,53,69)(H,56,59)(H,57,68)(H,60,67)(H,61,71)(H,62,74)(H,63,70)(H,64,72)(H,65,75)(H,66,73)(H4,54,55,58)/t37-,38-,39-,40-,41+,42+,43-/m0/s1. The average Bonchev–Trinajstić information content (AvgIpc) is 3.90. The van der Waals surface area contributed by atoms with Crippen LogP contribution in [0.2, 0.25) is 0 Å². The van der Waals surface area contributed by atoms with Crippen LogP contribution in [-0.4, -0.2) is 124 Å². The Morgan fingerprint density at radius 1 is 0.760 bits per heavy atom. The van der Waals surface area contributed by atoms with E-state index in [0.29, 0.717) is 24.1 Å². The van der Waals surface area contributed by atoms with Crippen molar-refractivity contribution < 1.29 is 43.2 Å². The van der Waals surface area contributed by atoms with Gasteiger partial charge in [-0.25, -0.2) is 4.98 Å². The number of rotatable bonds is 19. The zero-order valence-electron chi connectivity index (χ0n) is 42.3. The van der Waals surface area contributed by atoms with E-state index in [1.807, 2.05) is 49.4 Å². The maximum atomic E-state index is 14.6. The van der Waals surface area contributed by atoms with Gasteiger partial charge < -0.3 is 64.7 Å². The van der Waals surface area contributed by atoms with Crippen LogP contribution >= 0.6 is 0 Å². The minimum absolute atomic E-state index is 0.0198. The van der Waals surface area contributed by atoms with Gasteiger partial charge in [0, 0.05) is 57.6 Å². The third-order valence-electron chi connectivity index (χ3n) is 12.5. The normalized spacial score (nSPS) is 20.1. The van der Waals surface area contributed by atoms with Crippen molar-refractivity contribution in [3.05, 3.63) is 102 Å². The minimum Gasteiger partial charge on any atom is -0.370 e. The molecule has 2 heterocycles. The molecule has 1 aliphatic heterocycles. The molecule has 15 N–H and O–H groups in total. The molecule has 0 saturated carbocycles. The van der Waals surface area contributed by atoms with Gasteiger partial charge >= 0.3 is 0 Å². The van der Waals surface area contributed by atoms with Crippen molar-refractivity contribution in [3.8, 4) is 0 Å². The molecular formula is C52H70N14O9. The summed E-state index contributed by atoms with van der Waals surface area (Å²) in [6, 6.07) is 12.7. The van der Waals surface area contributed by atoms with Crippen LogP contribution in [0.1, 0.15) is 88.5 Å². The molecule has 0 aliphatic carbocycles. The van der Waals surface area contributed by atoms with Crippen molar-refractivity contribution in [1.29, 1.82) is 0 Å². The van der Waals surface area contributed by atoms with Crippen molar-refractivity contribution >= 4 is 69.9 Å². The first-order valence-corrected chi connectivity index (χ1v) is 25.2. The number of H-pyrrole nitrogens is 1. The monoisotopic (exact) mass is 1030 g/mol. The number of carbonyl (C=O) groups excluding carboxylic acids is 9. The number of nitrogens with zero attached hydrogens (tertiary/aromatic N) is 2. The van der Waals surface area contributed by atoms with Gasteiger partial charge in [-0.3, -0.25) is 48.1 Å². The Hall–Kier alpha value is -8.37. The number of carbonyl (C=O) groups is 9. The predicted molar refractivity (Wildman–Crippen MR) is 279 cm³/mol. The second kappa shape index (κ2) is 29.4. The summed E-state index contributed by atoms with van der Waals surface area (Å²) in [7, 11) is 0. The second-order valence-corrected chi connectivity index (χ2v) is 18.5. The van der Waals surface area contributed by atoms with E-state index >= 15 is 0 Å². The summed E-state index contributed by atoms with van der Waals surface area (Å²) >= 11 is 0. The SMILES string of the molecule is CCCC[C@H](NC(C)=O)C(=O)N[C@H]1CCC(=O)NCCC[C@@H](C(=O)N[C@H](Cc2cccc3ccccc23)C(N)=O)NC(=O)[C@H](CCCN=C(N)N)NC(=O)[C@@H](Cc2ccccc2)NC(=O)[C@H](Cc2cnc[nH]2)NC1=O. The summed E-state index contributed by atoms with van der Waals surface area (Å²) in [4.78, 5) is 136. The first kappa shape index (κ1) is 57.5. The molecule has 1 fully saturated rings. The van der Waals surface area contributed by atoms with Gasteiger partial charge in [0.15, 0.2) is 5.96 Å². The van der Waals surface area contributed by atoms with Crippen molar-refractivity contribution in [1.82, 2.24) is 52.5 Å². The molecule has 0 spiro atoms. The van der Waals surface area contributed by atoms with E-state index in [0.717, 1.165) is 16.3 Å². The van der Waals surface area contributed by atoms with E-state index in [1.54, 1.807) is 30.3 Å². The third kappa shape index (κ3) is 18.9. The number of nitrogens with one attached hydrogen (secondary N) is 9. The Bertz CT molecular complexity index is 2620. The number of aliphatic imine (C=N–C) groups is 1.